The molecule has 0 amide bonds. The Morgan fingerprint density at radius 1 is 1.50 bits per heavy atom. The van der Waals surface area contributed by atoms with Gasteiger partial charge in [0.25, 0.3) is 0 Å². The van der Waals surface area contributed by atoms with E-state index in [1.54, 1.807) is 6.07 Å². The van der Waals surface area contributed by atoms with Gasteiger partial charge in [-0.1, -0.05) is 17.7 Å². The zero-order chi connectivity index (χ0) is 10.4. The monoisotopic (exact) mass is 217 g/mol. The van der Waals surface area contributed by atoms with Gasteiger partial charge in [0.2, 0.25) is 0 Å². The lowest BCUT2D eigenvalue weighted by Crippen LogP contribution is -2.14. The SMILES string of the molecule is CNCCOCc1ccc(F)cc1Cl. The fraction of sp³-hybridized carbons (Fsp3) is 0.400. The van der Waals surface area contributed by atoms with Crippen LogP contribution in [-0.2, 0) is 11.3 Å². The molecule has 0 radical (unpaired) electrons. The van der Waals surface area contributed by atoms with Crippen molar-refractivity contribution in [1.29, 1.82) is 0 Å². The van der Waals surface area contributed by atoms with E-state index in [4.69, 9.17) is 16.3 Å². The summed E-state index contributed by atoms with van der Waals surface area (Å²) in [6, 6.07) is 4.30. The predicted octanol–water partition coefficient (Wildman–Crippen LogP) is 2.22. The first-order chi connectivity index (χ1) is 6.74. The van der Waals surface area contributed by atoms with Crippen molar-refractivity contribution < 1.29 is 9.13 Å². The molecule has 0 saturated heterocycles. The summed E-state index contributed by atoms with van der Waals surface area (Å²) in [4.78, 5) is 0. The van der Waals surface area contributed by atoms with E-state index in [9.17, 15) is 4.39 Å². The maximum atomic E-state index is 12.7. The summed E-state index contributed by atoms with van der Waals surface area (Å²) in [7, 11) is 1.86. The van der Waals surface area contributed by atoms with Gasteiger partial charge in [-0.3, -0.25) is 0 Å². The van der Waals surface area contributed by atoms with Crippen molar-refractivity contribution in [3.63, 3.8) is 0 Å². The minimum Gasteiger partial charge on any atom is -0.375 e. The van der Waals surface area contributed by atoms with E-state index in [2.05, 4.69) is 5.32 Å². The molecule has 0 aliphatic rings. The summed E-state index contributed by atoms with van der Waals surface area (Å²) in [5, 5.41) is 3.37. The van der Waals surface area contributed by atoms with E-state index < -0.39 is 0 Å². The zero-order valence-corrected chi connectivity index (χ0v) is 8.77. The molecule has 0 aliphatic carbocycles. The lowest BCUT2D eigenvalue weighted by Gasteiger charge is -2.05. The van der Waals surface area contributed by atoms with Crippen molar-refractivity contribution in [2.45, 2.75) is 6.61 Å². The Labute approximate surface area is 88.0 Å². The van der Waals surface area contributed by atoms with Gasteiger partial charge in [-0.25, -0.2) is 4.39 Å². The number of nitrogens with one attached hydrogen (secondary N) is 1. The number of ether oxygens (including phenoxy) is 1. The van der Waals surface area contributed by atoms with Gasteiger partial charge in [0, 0.05) is 11.6 Å². The van der Waals surface area contributed by atoms with Crippen molar-refractivity contribution in [2.75, 3.05) is 20.2 Å². The minimum absolute atomic E-state index is 0.325. The molecule has 14 heavy (non-hydrogen) atoms. The molecule has 0 atom stereocenters. The third-order valence-corrected chi connectivity index (χ3v) is 2.12. The maximum absolute atomic E-state index is 12.7. The van der Waals surface area contributed by atoms with Crippen LogP contribution in [-0.4, -0.2) is 20.2 Å². The molecule has 1 N–H and O–H groups in total. The van der Waals surface area contributed by atoms with Crippen LogP contribution in [0.15, 0.2) is 18.2 Å². The highest BCUT2D eigenvalue weighted by atomic mass is 35.5. The van der Waals surface area contributed by atoms with E-state index in [1.807, 2.05) is 7.05 Å². The normalized spacial score (nSPS) is 10.5. The number of benzene rings is 1. The first-order valence-corrected chi connectivity index (χ1v) is 4.78. The molecule has 0 spiro atoms. The summed E-state index contributed by atoms with van der Waals surface area (Å²) in [5.74, 6) is -0.325. The Balaban J connectivity index is 2.42. The second-order valence-electron chi connectivity index (χ2n) is 2.89. The topological polar surface area (TPSA) is 21.3 Å². The molecule has 78 valence electrons. The van der Waals surface area contributed by atoms with Crippen molar-refractivity contribution in [3.05, 3.63) is 34.6 Å². The van der Waals surface area contributed by atoms with Gasteiger partial charge in [0.05, 0.1) is 13.2 Å². The van der Waals surface area contributed by atoms with E-state index in [0.29, 0.717) is 18.2 Å². The fourth-order valence-electron chi connectivity index (χ4n) is 0.995. The zero-order valence-electron chi connectivity index (χ0n) is 8.02. The van der Waals surface area contributed by atoms with Gasteiger partial charge in [-0.2, -0.15) is 0 Å². The highest BCUT2D eigenvalue weighted by Gasteiger charge is 2.01. The first kappa shape index (κ1) is 11.4. The van der Waals surface area contributed by atoms with Crippen LogP contribution < -0.4 is 5.32 Å². The largest absolute Gasteiger partial charge is 0.375 e. The van der Waals surface area contributed by atoms with Crippen LogP contribution in [0.3, 0.4) is 0 Å². The molecule has 4 heteroatoms. The third-order valence-electron chi connectivity index (χ3n) is 1.77. The quantitative estimate of drug-likeness (QED) is 0.764. The Morgan fingerprint density at radius 3 is 2.93 bits per heavy atom. The molecule has 2 nitrogen and oxygen atoms in total. The first-order valence-electron chi connectivity index (χ1n) is 4.40. The number of hydrogen-bond donors (Lipinski definition) is 1. The molecule has 0 bridgehead atoms. The second-order valence-corrected chi connectivity index (χ2v) is 3.30. The lowest BCUT2D eigenvalue weighted by atomic mass is 10.2. The Bertz CT molecular complexity index is 293. The van der Waals surface area contributed by atoms with E-state index in [1.165, 1.54) is 12.1 Å². The standard InChI is InChI=1S/C10H13ClFNO/c1-13-4-5-14-7-8-2-3-9(12)6-10(8)11/h2-3,6,13H,4-5,7H2,1H3. The molecule has 1 rings (SSSR count). The highest BCUT2D eigenvalue weighted by Crippen LogP contribution is 2.17. The van der Waals surface area contributed by atoms with Crippen molar-refractivity contribution in [1.82, 2.24) is 5.32 Å². The molecule has 1 aromatic rings. The lowest BCUT2D eigenvalue weighted by molar-refractivity contribution is 0.124. The second kappa shape index (κ2) is 5.96. The molecular weight excluding hydrogens is 205 g/mol. The van der Waals surface area contributed by atoms with Crippen molar-refractivity contribution in [3.8, 4) is 0 Å². The molecule has 0 heterocycles. The van der Waals surface area contributed by atoms with Crippen LogP contribution in [0.25, 0.3) is 0 Å². The van der Waals surface area contributed by atoms with Gasteiger partial charge >= 0.3 is 0 Å². The van der Waals surface area contributed by atoms with E-state index >= 15 is 0 Å². The van der Waals surface area contributed by atoms with Crippen LogP contribution in [0.4, 0.5) is 4.39 Å². The molecule has 1 aromatic carbocycles. The Morgan fingerprint density at radius 2 is 2.29 bits per heavy atom. The average Bonchev–Trinajstić information content (AvgIpc) is 2.15. The van der Waals surface area contributed by atoms with Gasteiger partial charge in [0.15, 0.2) is 0 Å². The molecule has 0 unspecified atom stereocenters. The molecule has 0 saturated carbocycles. The average molecular weight is 218 g/mol. The molecule has 0 fully saturated rings. The predicted molar refractivity (Wildman–Crippen MR) is 55.0 cm³/mol. The molecule has 0 aromatic heterocycles. The molecular formula is C10H13ClFNO. The van der Waals surface area contributed by atoms with Gasteiger partial charge in [-0.05, 0) is 24.7 Å². The van der Waals surface area contributed by atoms with Gasteiger partial charge in [0.1, 0.15) is 5.82 Å². The van der Waals surface area contributed by atoms with Gasteiger partial charge < -0.3 is 10.1 Å². The van der Waals surface area contributed by atoms with E-state index in [-0.39, 0.29) is 5.82 Å². The van der Waals surface area contributed by atoms with Crippen LogP contribution in [0.5, 0.6) is 0 Å². The summed E-state index contributed by atoms with van der Waals surface area (Å²) in [6.45, 7) is 1.82. The summed E-state index contributed by atoms with van der Waals surface area (Å²) >= 11 is 5.81. The Hall–Kier alpha value is -0.640. The van der Waals surface area contributed by atoms with Crippen LogP contribution >= 0.6 is 11.6 Å². The number of hydrogen-bond acceptors (Lipinski definition) is 2. The number of likely N-dealkylation sites (N-methyl/N-ethyl adjacent to an activating group) is 1. The van der Waals surface area contributed by atoms with Crippen LogP contribution in [0.2, 0.25) is 5.02 Å². The minimum atomic E-state index is -0.325. The summed E-state index contributed by atoms with van der Waals surface area (Å²) < 4.78 is 18.0. The van der Waals surface area contributed by atoms with Gasteiger partial charge in [-0.15, -0.1) is 0 Å². The van der Waals surface area contributed by atoms with Crippen LogP contribution in [0.1, 0.15) is 5.56 Å². The van der Waals surface area contributed by atoms with Crippen molar-refractivity contribution in [2.24, 2.45) is 0 Å². The smallest absolute Gasteiger partial charge is 0.124 e. The number of halogens is 2. The summed E-state index contributed by atoms with van der Waals surface area (Å²) in [5.41, 5.74) is 0.809. The maximum Gasteiger partial charge on any atom is 0.124 e. The fourth-order valence-corrected chi connectivity index (χ4v) is 1.22. The Kier molecular flexibility index (Phi) is 4.87. The van der Waals surface area contributed by atoms with Crippen molar-refractivity contribution >= 4 is 11.6 Å². The summed E-state index contributed by atoms with van der Waals surface area (Å²) in [6.07, 6.45) is 0. The van der Waals surface area contributed by atoms with E-state index in [0.717, 1.165) is 12.1 Å². The van der Waals surface area contributed by atoms with Crippen LogP contribution in [0, 0.1) is 5.82 Å². The molecule has 0 aliphatic heterocycles. The number of rotatable bonds is 5. The third kappa shape index (κ3) is 3.62. The highest BCUT2D eigenvalue weighted by molar-refractivity contribution is 6.31.